The number of rotatable bonds is 10. The zero-order valence-electron chi connectivity index (χ0n) is 20.3. The van der Waals surface area contributed by atoms with E-state index in [1.165, 1.54) is 16.3 Å². The van der Waals surface area contributed by atoms with Crippen LogP contribution in [0.3, 0.4) is 0 Å². The van der Waals surface area contributed by atoms with Crippen LogP contribution in [0, 0.1) is 13.8 Å². The van der Waals surface area contributed by atoms with Crippen LogP contribution in [0.4, 0.5) is 0 Å². The summed E-state index contributed by atoms with van der Waals surface area (Å²) in [4.78, 5) is 43.5. The summed E-state index contributed by atoms with van der Waals surface area (Å²) in [5.41, 5.74) is 3.45. The molecule has 1 atom stereocenters. The van der Waals surface area contributed by atoms with Gasteiger partial charge in [0, 0.05) is 24.8 Å². The molecule has 7 nitrogen and oxygen atoms in total. The Morgan fingerprint density at radius 1 is 1.12 bits per heavy atom. The highest BCUT2D eigenvalue weighted by Crippen LogP contribution is 2.26. The van der Waals surface area contributed by atoms with Gasteiger partial charge in [-0.3, -0.25) is 19.0 Å². The van der Waals surface area contributed by atoms with Gasteiger partial charge >= 0.3 is 0 Å². The van der Waals surface area contributed by atoms with Crippen LogP contribution in [0.15, 0.2) is 46.3 Å². The number of carbonyl (C=O) groups excluding carboxylic acids is 2. The van der Waals surface area contributed by atoms with Gasteiger partial charge in [0.15, 0.2) is 10.9 Å². The van der Waals surface area contributed by atoms with E-state index in [0.29, 0.717) is 46.9 Å². The van der Waals surface area contributed by atoms with Crippen LogP contribution in [0.1, 0.15) is 52.1 Å². The van der Waals surface area contributed by atoms with Crippen molar-refractivity contribution in [3.63, 3.8) is 0 Å². The molecule has 0 spiro atoms. The van der Waals surface area contributed by atoms with Crippen molar-refractivity contribution in [1.29, 1.82) is 0 Å². The van der Waals surface area contributed by atoms with Crippen LogP contribution >= 0.6 is 11.8 Å². The molecule has 0 aliphatic heterocycles. The molecule has 0 aliphatic carbocycles. The van der Waals surface area contributed by atoms with Crippen LogP contribution < -0.4 is 10.9 Å². The zero-order valence-corrected chi connectivity index (χ0v) is 21.1. The van der Waals surface area contributed by atoms with Crippen molar-refractivity contribution in [2.45, 2.75) is 51.1 Å². The Morgan fingerprint density at radius 2 is 1.85 bits per heavy atom. The first-order valence-corrected chi connectivity index (χ1v) is 12.2. The van der Waals surface area contributed by atoms with Crippen LogP contribution in [0.25, 0.3) is 10.9 Å². The average Bonchev–Trinajstić information content (AvgIpc) is 2.83. The summed E-state index contributed by atoms with van der Waals surface area (Å²) in [6, 6.07) is 10.6. The molecule has 0 bridgehead atoms. The van der Waals surface area contributed by atoms with E-state index in [4.69, 9.17) is 9.72 Å². The number of aromatic nitrogens is 2. The van der Waals surface area contributed by atoms with Gasteiger partial charge in [-0.25, -0.2) is 4.98 Å². The molecule has 3 aromatic rings. The predicted molar refractivity (Wildman–Crippen MR) is 136 cm³/mol. The van der Waals surface area contributed by atoms with Gasteiger partial charge in [-0.2, -0.15) is 0 Å². The number of hydrogen-bond donors (Lipinski definition) is 1. The van der Waals surface area contributed by atoms with Crippen molar-refractivity contribution < 1.29 is 14.3 Å². The third kappa shape index (κ3) is 5.74. The summed E-state index contributed by atoms with van der Waals surface area (Å²) >= 11 is 1.24. The molecule has 34 heavy (non-hydrogen) atoms. The Bertz CT molecular complexity index is 1270. The zero-order chi connectivity index (χ0) is 24.8. The second-order valence-electron chi connectivity index (χ2n) is 8.26. The molecule has 3 rings (SSSR count). The summed E-state index contributed by atoms with van der Waals surface area (Å²) in [6.45, 7) is 8.99. The molecule has 180 valence electrons. The third-order valence-electron chi connectivity index (χ3n) is 5.68. The van der Waals surface area contributed by atoms with Gasteiger partial charge in [-0.1, -0.05) is 30.8 Å². The summed E-state index contributed by atoms with van der Waals surface area (Å²) in [5.74, 6) is -0.241. The fourth-order valence-corrected chi connectivity index (χ4v) is 4.51. The van der Waals surface area contributed by atoms with Gasteiger partial charge in [0.25, 0.3) is 11.5 Å². The summed E-state index contributed by atoms with van der Waals surface area (Å²) in [7, 11) is 1.57. The molecule has 1 N–H and O–H groups in total. The fourth-order valence-electron chi connectivity index (χ4n) is 3.49. The van der Waals surface area contributed by atoms with E-state index < -0.39 is 5.25 Å². The molecule has 2 aromatic carbocycles. The Kier molecular flexibility index (Phi) is 8.63. The smallest absolute Gasteiger partial charge is 0.262 e. The first-order valence-electron chi connectivity index (χ1n) is 11.4. The lowest BCUT2D eigenvalue weighted by Crippen LogP contribution is -2.27. The van der Waals surface area contributed by atoms with Gasteiger partial charge in [0.1, 0.15) is 0 Å². The highest BCUT2D eigenvalue weighted by atomic mass is 32.2. The average molecular weight is 482 g/mol. The van der Waals surface area contributed by atoms with Crippen molar-refractivity contribution in [2.75, 3.05) is 20.3 Å². The van der Waals surface area contributed by atoms with E-state index in [9.17, 15) is 14.4 Å². The molecule has 0 saturated heterocycles. The van der Waals surface area contributed by atoms with E-state index in [-0.39, 0.29) is 17.2 Å². The van der Waals surface area contributed by atoms with Crippen LogP contribution in [-0.4, -0.2) is 46.8 Å². The highest BCUT2D eigenvalue weighted by Gasteiger charge is 2.21. The lowest BCUT2D eigenvalue weighted by Gasteiger charge is -2.16. The number of methoxy groups -OCH3 is 1. The minimum atomic E-state index is -0.462. The summed E-state index contributed by atoms with van der Waals surface area (Å²) in [5, 5.41) is 3.22. The Morgan fingerprint density at radius 3 is 2.53 bits per heavy atom. The predicted octanol–water partition coefficient (Wildman–Crippen LogP) is 4.16. The Labute approximate surface area is 203 Å². The number of aryl methyl sites for hydroxylation is 2. The van der Waals surface area contributed by atoms with Crippen LogP contribution in [0.2, 0.25) is 0 Å². The second-order valence-corrected chi connectivity index (χ2v) is 9.56. The molecule has 0 aliphatic rings. The lowest BCUT2D eigenvalue weighted by molar-refractivity contribution is 0.0952. The van der Waals surface area contributed by atoms with Gasteiger partial charge in [-0.15, -0.1) is 0 Å². The largest absolute Gasteiger partial charge is 0.383 e. The number of hydrogen-bond acceptors (Lipinski definition) is 6. The number of fused-ring (bicyclic) bond motifs is 1. The number of Topliss-reactive ketones (excluding diaryl/α,β-unsaturated/α-hetero) is 1. The second kappa shape index (κ2) is 11.4. The van der Waals surface area contributed by atoms with Crippen LogP contribution in [-0.2, 0) is 11.3 Å². The highest BCUT2D eigenvalue weighted by molar-refractivity contribution is 8.00. The molecule has 0 radical (unpaired) electrons. The SMILES string of the molecule is CCCNC(=O)c1ccc2c(=O)n(CCOC)c(SC(C)C(=O)c3ccc(C)c(C)c3)nc2c1. The number of amides is 1. The molecule has 1 unspecified atom stereocenters. The number of nitrogens with zero attached hydrogens (tertiary/aromatic N) is 2. The minimum Gasteiger partial charge on any atom is -0.383 e. The molecule has 1 amide bonds. The first-order chi connectivity index (χ1) is 16.3. The van der Waals surface area contributed by atoms with E-state index >= 15 is 0 Å². The molecule has 0 saturated carbocycles. The maximum Gasteiger partial charge on any atom is 0.262 e. The van der Waals surface area contributed by atoms with Crippen molar-refractivity contribution in [2.24, 2.45) is 0 Å². The maximum absolute atomic E-state index is 13.3. The van der Waals surface area contributed by atoms with Crippen LogP contribution in [0.5, 0.6) is 0 Å². The van der Waals surface area contributed by atoms with E-state index in [2.05, 4.69) is 5.32 Å². The first kappa shape index (κ1) is 25.6. The molecule has 0 fully saturated rings. The van der Waals surface area contributed by atoms with E-state index in [1.807, 2.05) is 45.9 Å². The molecular formula is C26H31N3O4S. The molecule has 1 aromatic heterocycles. The number of nitrogens with one attached hydrogen (secondary N) is 1. The van der Waals surface area contributed by atoms with Crippen molar-refractivity contribution in [1.82, 2.24) is 14.9 Å². The van der Waals surface area contributed by atoms with Crippen molar-refractivity contribution >= 4 is 34.4 Å². The van der Waals surface area contributed by atoms with Crippen molar-refractivity contribution in [3.8, 4) is 0 Å². The number of benzene rings is 2. The fraction of sp³-hybridized carbons (Fsp3) is 0.385. The van der Waals surface area contributed by atoms with Gasteiger partial charge < -0.3 is 10.1 Å². The Hall–Kier alpha value is -2.97. The van der Waals surface area contributed by atoms with Gasteiger partial charge in [0.2, 0.25) is 0 Å². The number of ether oxygens (including phenoxy) is 1. The van der Waals surface area contributed by atoms with E-state index in [1.54, 1.807) is 25.3 Å². The number of ketones is 1. The standard InChI is InChI=1S/C26H31N3O4S/c1-6-11-27-24(31)20-9-10-21-22(15-20)28-26(29(25(21)32)12-13-33-5)34-18(4)23(30)19-8-7-16(2)17(3)14-19/h7-10,14-15,18H,6,11-13H2,1-5H3,(H,27,31). The molecular weight excluding hydrogens is 450 g/mol. The quantitative estimate of drug-likeness (QED) is 0.266. The normalized spacial score (nSPS) is 12.0. The minimum absolute atomic E-state index is 0.0339. The molecule has 8 heteroatoms. The summed E-state index contributed by atoms with van der Waals surface area (Å²) < 4.78 is 6.72. The van der Waals surface area contributed by atoms with Crippen molar-refractivity contribution in [3.05, 3.63) is 69.0 Å². The lowest BCUT2D eigenvalue weighted by atomic mass is 10.0. The third-order valence-corrected chi connectivity index (χ3v) is 6.77. The topological polar surface area (TPSA) is 90.3 Å². The number of carbonyl (C=O) groups is 2. The maximum atomic E-state index is 13.3. The number of thioether (sulfide) groups is 1. The molecule has 1 heterocycles. The van der Waals surface area contributed by atoms with Gasteiger partial charge in [0.05, 0.1) is 29.3 Å². The Balaban J connectivity index is 2.00. The monoisotopic (exact) mass is 481 g/mol. The van der Waals surface area contributed by atoms with Gasteiger partial charge in [-0.05, 0) is 62.6 Å². The van der Waals surface area contributed by atoms with E-state index in [0.717, 1.165) is 17.5 Å². The summed E-state index contributed by atoms with van der Waals surface area (Å²) in [6.07, 6.45) is 0.828.